The Hall–Kier alpha value is -1.36. The van der Waals surface area contributed by atoms with Gasteiger partial charge in [-0.3, -0.25) is 4.79 Å². The largest absolute Gasteiger partial charge is 0.392 e. The maximum absolute atomic E-state index is 10.7. The number of rotatable bonds is 3. The molecule has 1 heterocycles. The van der Waals surface area contributed by atoms with Crippen LogP contribution >= 0.6 is 0 Å². The van der Waals surface area contributed by atoms with E-state index in [4.69, 9.17) is 5.11 Å². The van der Waals surface area contributed by atoms with Crippen molar-refractivity contribution in [2.24, 2.45) is 0 Å². The first-order valence-electron chi connectivity index (χ1n) is 3.65. The van der Waals surface area contributed by atoms with Gasteiger partial charge in [0.25, 0.3) is 5.56 Å². The van der Waals surface area contributed by atoms with E-state index in [-0.39, 0.29) is 5.56 Å². The van der Waals surface area contributed by atoms with Crippen molar-refractivity contribution in [2.75, 3.05) is 11.9 Å². The minimum absolute atomic E-state index is 0.210. The van der Waals surface area contributed by atoms with Crippen molar-refractivity contribution in [2.45, 2.75) is 13.0 Å². The Kier molecular flexibility index (Phi) is 2.82. The van der Waals surface area contributed by atoms with Crippen molar-refractivity contribution < 1.29 is 5.11 Å². The molecule has 0 amide bonds. The third-order valence-corrected chi connectivity index (χ3v) is 1.26. The number of H-pyrrole nitrogens is 1. The molecule has 66 valence electrons. The Morgan fingerprint density at radius 1 is 1.83 bits per heavy atom. The molecule has 0 bridgehead atoms. The number of aromatic nitrogens is 2. The molecule has 1 aromatic rings. The van der Waals surface area contributed by atoms with Crippen molar-refractivity contribution in [3.63, 3.8) is 0 Å². The van der Waals surface area contributed by atoms with Crippen LogP contribution in [-0.4, -0.2) is 27.7 Å². The zero-order valence-corrected chi connectivity index (χ0v) is 6.74. The Bertz CT molecular complexity index is 295. The van der Waals surface area contributed by atoms with Gasteiger partial charge in [-0.2, -0.15) is 0 Å². The van der Waals surface area contributed by atoms with Crippen LogP contribution < -0.4 is 10.9 Å². The van der Waals surface area contributed by atoms with Crippen molar-refractivity contribution in [1.82, 2.24) is 9.97 Å². The highest BCUT2D eigenvalue weighted by atomic mass is 16.3. The number of hydrogen-bond donors (Lipinski definition) is 3. The van der Waals surface area contributed by atoms with E-state index >= 15 is 0 Å². The highest BCUT2D eigenvalue weighted by Crippen LogP contribution is 1.94. The normalized spacial score (nSPS) is 12.5. The van der Waals surface area contributed by atoms with E-state index in [1.165, 1.54) is 12.4 Å². The number of hydrogen-bond acceptors (Lipinski definition) is 4. The Morgan fingerprint density at radius 2 is 2.58 bits per heavy atom. The summed E-state index contributed by atoms with van der Waals surface area (Å²) in [6, 6.07) is 1.34. The van der Waals surface area contributed by atoms with Crippen LogP contribution in [0.4, 0.5) is 5.82 Å². The molecule has 3 N–H and O–H groups in total. The van der Waals surface area contributed by atoms with E-state index in [1.807, 2.05) is 0 Å². The summed E-state index contributed by atoms with van der Waals surface area (Å²) in [6.45, 7) is 2.04. The van der Waals surface area contributed by atoms with Crippen LogP contribution in [0.2, 0.25) is 0 Å². The topological polar surface area (TPSA) is 78.0 Å². The Morgan fingerprint density at radius 3 is 3.17 bits per heavy atom. The predicted molar refractivity (Wildman–Crippen MR) is 45.0 cm³/mol. The highest BCUT2D eigenvalue weighted by molar-refractivity contribution is 5.31. The second-order valence-electron chi connectivity index (χ2n) is 2.53. The van der Waals surface area contributed by atoms with Gasteiger partial charge in [-0.05, 0) is 6.92 Å². The van der Waals surface area contributed by atoms with E-state index in [0.717, 1.165) is 0 Å². The second kappa shape index (κ2) is 3.87. The van der Waals surface area contributed by atoms with Crippen LogP contribution in [0.15, 0.2) is 17.2 Å². The fraction of sp³-hybridized carbons (Fsp3) is 0.429. The van der Waals surface area contributed by atoms with Gasteiger partial charge < -0.3 is 15.4 Å². The summed E-state index contributed by atoms with van der Waals surface area (Å²) < 4.78 is 0. The first-order valence-corrected chi connectivity index (χ1v) is 3.65. The first-order chi connectivity index (χ1) is 5.68. The predicted octanol–water partition coefficient (Wildman–Crippen LogP) is -0.437. The number of aliphatic hydroxyl groups is 1. The molecule has 0 aliphatic heterocycles. The fourth-order valence-electron chi connectivity index (χ4n) is 0.717. The smallest absolute Gasteiger partial charge is 0.252 e. The first kappa shape index (κ1) is 8.73. The van der Waals surface area contributed by atoms with Gasteiger partial charge in [0, 0.05) is 12.6 Å². The molecule has 0 aliphatic rings. The van der Waals surface area contributed by atoms with Crippen molar-refractivity contribution >= 4 is 5.82 Å². The molecule has 0 aromatic carbocycles. The maximum atomic E-state index is 10.7. The zero-order valence-electron chi connectivity index (χ0n) is 6.74. The highest BCUT2D eigenvalue weighted by Gasteiger charge is 1.96. The Balaban J connectivity index is 2.58. The average molecular weight is 169 g/mol. The van der Waals surface area contributed by atoms with Gasteiger partial charge in [-0.1, -0.05) is 0 Å². The van der Waals surface area contributed by atoms with Gasteiger partial charge in [-0.25, -0.2) is 4.98 Å². The van der Waals surface area contributed by atoms with Crippen molar-refractivity contribution in [3.8, 4) is 0 Å². The SMILES string of the molecule is CC(O)CNc1cc(=O)[nH]cn1. The van der Waals surface area contributed by atoms with E-state index < -0.39 is 6.10 Å². The molecule has 0 radical (unpaired) electrons. The van der Waals surface area contributed by atoms with Gasteiger partial charge in [0.1, 0.15) is 5.82 Å². The van der Waals surface area contributed by atoms with Gasteiger partial charge in [-0.15, -0.1) is 0 Å². The quantitative estimate of drug-likeness (QED) is 0.573. The van der Waals surface area contributed by atoms with E-state index in [0.29, 0.717) is 12.4 Å². The molecule has 1 atom stereocenters. The van der Waals surface area contributed by atoms with Crippen LogP contribution in [0.3, 0.4) is 0 Å². The summed E-state index contributed by atoms with van der Waals surface area (Å²) in [7, 11) is 0. The monoisotopic (exact) mass is 169 g/mol. The number of aromatic amines is 1. The molecule has 0 saturated heterocycles. The molecule has 0 fully saturated rings. The summed E-state index contributed by atoms with van der Waals surface area (Å²) in [4.78, 5) is 17.0. The number of anilines is 1. The minimum atomic E-state index is -0.453. The minimum Gasteiger partial charge on any atom is -0.392 e. The molecule has 12 heavy (non-hydrogen) atoms. The van der Waals surface area contributed by atoms with E-state index in [9.17, 15) is 4.79 Å². The fourth-order valence-corrected chi connectivity index (χ4v) is 0.717. The summed E-state index contributed by atoms with van der Waals surface area (Å²) in [5.74, 6) is 0.472. The van der Waals surface area contributed by atoms with Crippen LogP contribution in [0.5, 0.6) is 0 Å². The third kappa shape index (κ3) is 2.71. The molecule has 0 spiro atoms. The lowest BCUT2D eigenvalue weighted by Gasteiger charge is -2.05. The van der Waals surface area contributed by atoms with Crippen molar-refractivity contribution in [3.05, 3.63) is 22.7 Å². The lowest BCUT2D eigenvalue weighted by molar-refractivity contribution is 0.208. The molecule has 1 unspecified atom stereocenters. The van der Waals surface area contributed by atoms with Crippen molar-refractivity contribution in [1.29, 1.82) is 0 Å². The van der Waals surface area contributed by atoms with Gasteiger partial charge in [0.05, 0.1) is 12.4 Å². The van der Waals surface area contributed by atoms with Crippen LogP contribution in [-0.2, 0) is 0 Å². The second-order valence-corrected chi connectivity index (χ2v) is 2.53. The summed E-state index contributed by atoms with van der Waals surface area (Å²) in [6.07, 6.45) is 0.860. The molecular formula is C7H11N3O2. The molecule has 5 heteroatoms. The van der Waals surface area contributed by atoms with Crippen LogP contribution in [0.1, 0.15) is 6.92 Å². The Labute approximate surface area is 69.5 Å². The lowest BCUT2D eigenvalue weighted by atomic mass is 10.4. The van der Waals surface area contributed by atoms with Gasteiger partial charge in [0.2, 0.25) is 0 Å². The molecule has 5 nitrogen and oxygen atoms in total. The lowest BCUT2D eigenvalue weighted by Crippen LogP contribution is -2.17. The van der Waals surface area contributed by atoms with Crippen LogP contribution in [0, 0.1) is 0 Å². The zero-order chi connectivity index (χ0) is 8.97. The van der Waals surface area contributed by atoms with Gasteiger partial charge >= 0.3 is 0 Å². The summed E-state index contributed by atoms with van der Waals surface area (Å²) in [5, 5.41) is 11.7. The number of aliphatic hydroxyl groups excluding tert-OH is 1. The van der Waals surface area contributed by atoms with E-state index in [1.54, 1.807) is 6.92 Å². The standard InChI is InChI=1S/C7H11N3O2/c1-5(11)3-8-6-2-7(12)10-4-9-6/h2,4-5,11H,3H2,1H3,(H2,8,9,10,12). The summed E-state index contributed by atoms with van der Waals surface area (Å²) in [5.41, 5.74) is -0.210. The van der Waals surface area contributed by atoms with E-state index in [2.05, 4.69) is 15.3 Å². The average Bonchev–Trinajstić information content (AvgIpc) is 2.01. The summed E-state index contributed by atoms with van der Waals surface area (Å²) >= 11 is 0. The molecule has 1 aromatic heterocycles. The maximum Gasteiger partial charge on any atom is 0.252 e. The third-order valence-electron chi connectivity index (χ3n) is 1.26. The molecular weight excluding hydrogens is 158 g/mol. The molecule has 1 rings (SSSR count). The molecule has 0 saturated carbocycles. The van der Waals surface area contributed by atoms with Crippen LogP contribution in [0.25, 0.3) is 0 Å². The van der Waals surface area contributed by atoms with Gasteiger partial charge in [0.15, 0.2) is 0 Å². The number of nitrogens with one attached hydrogen (secondary N) is 2. The number of nitrogens with zero attached hydrogens (tertiary/aromatic N) is 1. The molecule has 0 aliphatic carbocycles.